The first-order valence-electron chi connectivity index (χ1n) is 7.39. The highest BCUT2D eigenvalue weighted by Gasteiger charge is 2.15. The number of thiazole rings is 1. The average molecular weight is 419 g/mol. The molecule has 8 heteroatoms. The Hall–Kier alpha value is -2.45. The van der Waals surface area contributed by atoms with Crippen molar-refractivity contribution in [1.82, 2.24) is 20.4 Å². The van der Waals surface area contributed by atoms with Crippen molar-refractivity contribution >= 4 is 39.1 Å². The largest absolute Gasteiger partial charge is 0.345 e. The first-order chi connectivity index (χ1) is 11.9. The van der Waals surface area contributed by atoms with Gasteiger partial charge in [0.05, 0.1) is 0 Å². The van der Waals surface area contributed by atoms with Crippen LogP contribution in [0.15, 0.2) is 46.4 Å². The normalized spacial score (nSPS) is 10.5. The van der Waals surface area contributed by atoms with Gasteiger partial charge in [-0.25, -0.2) is 4.98 Å². The number of benzene rings is 1. The topological polar surface area (TPSA) is 76.0 Å². The third-order valence-electron chi connectivity index (χ3n) is 3.53. The number of rotatable bonds is 3. The van der Waals surface area contributed by atoms with Crippen LogP contribution in [0.2, 0.25) is 0 Å². The lowest BCUT2D eigenvalue weighted by Gasteiger charge is -2.06. The van der Waals surface area contributed by atoms with Crippen LogP contribution in [0.3, 0.4) is 0 Å². The molecule has 1 aromatic carbocycles. The second-order valence-electron chi connectivity index (χ2n) is 5.47. The zero-order valence-corrected chi connectivity index (χ0v) is 15.9. The third-order valence-corrected chi connectivity index (χ3v) is 4.85. The number of nitrogens with zero attached hydrogens (tertiary/aromatic N) is 2. The molecule has 0 radical (unpaired) electrons. The molecule has 0 saturated carbocycles. The summed E-state index contributed by atoms with van der Waals surface area (Å²) in [7, 11) is 1.75. The highest BCUT2D eigenvalue weighted by Crippen LogP contribution is 2.23. The van der Waals surface area contributed by atoms with E-state index >= 15 is 0 Å². The van der Waals surface area contributed by atoms with Gasteiger partial charge in [-0.15, -0.1) is 11.3 Å². The molecular formula is C17H15BrN4O2S. The molecule has 2 heterocycles. The Morgan fingerprint density at radius 2 is 1.84 bits per heavy atom. The molecule has 6 nitrogen and oxygen atoms in total. The molecule has 0 unspecified atom stereocenters. The van der Waals surface area contributed by atoms with Gasteiger partial charge in [-0.1, -0.05) is 29.8 Å². The van der Waals surface area contributed by atoms with Crippen LogP contribution in [0.4, 0.5) is 0 Å². The highest BCUT2D eigenvalue weighted by atomic mass is 79.9. The second-order valence-corrected chi connectivity index (χ2v) is 7.24. The summed E-state index contributed by atoms with van der Waals surface area (Å²) in [5, 5.41) is 2.42. The van der Waals surface area contributed by atoms with E-state index in [1.807, 2.05) is 31.2 Å². The molecule has 0 spiro atoms. The standard InChI is InChI=1S/C17H15BrN4O2S/c1-10-3-5-11(6-4-10)17-19-13(9-25-17)15(23)20-21-16(24)14-7-12(18)8-22(14)2/h3-9H,1-2H3,(H,20,23)(H,21,24). The average Bonchev–Trinajstić information content (AvgIpc) is 3.20. The van der Waals surface area contributed by atoms with Crippen LogP contribution >= 0.6 is 27.3 Å². The van der Waals surface area contributed by atoms with Crippen LogP contribution in [0.5, 0.6) is 0 Å². The van der Waals surface area contributed by atoms with E-state index in [9.17, 15) is 9.59 Å². The fourth-order valence-electron chi connectivity index (χ4n) is 2.20. The van der Waals surface area contributed by atoms with E-state index in [2.05, 4.69) is 31.8 Å². The Bertz CT molecular complexity index is 931. The summed E-state index contributed by atoms with van der Waals surface area (Å²) in [6.07, 6.45) is 1.75. The number of hydrazine groups is 1. The maximum Gasteiger partial charge on any atom is 0.289 e. The highest BCUT2D eigenvalue weighted by molar-refractivity contribution is 9.10. The van der Waals surface area contributed by atoms with Crippen LogP contribution in [0.25, 0.3) is 10.6 Å². The predicted molar refractivity (Wildman–Crippen MR) is 100 cm³/mol. The molecule has 3 rings (SSSR count). The van der Waals surface area contributed by atoms with E-state index in [4.69, 9.17) is 0 Å². The molecule has 0 aliphatic carbocycles. The van der Waals surface area contributed by atoms with E-state index in [1.165, 1.54) is 11.3 Å². The van der Waals surface area contributed by atoms with Gasteiger partial charge in [-0.2, -0.15) is 0 Å². The minimum atomic E-state index is -0.462. The molecule has 0 fully saturated rings. The lowest BCUT2D eigenvalue weighted by atomic mass is 10.2. The van der Waals surface area contributed by atoms with E-state index < -0.39 is 11.8 Å². The number of halogens is 1. The third kappa shape index (κ3) is 3.97. The molecule has 0 aliphatic rings. The molecule has 0 aliphatic heterocycles. The molecule has 0 saturated heterocycles. The lowest BCUT2D eigenvalue weighted by molar-refractivity contribution is 0.0840. The Labute approximate surface area is 157 Å². The van der Waals surface area contributed by atoms with E-state index in [-0.39, 0.29) is 5.69 Å². The zero-order chi connectivity index (χ0) is 18.0. The van der Waals surface area contributed by atoms with Crippen molar-refractivity contribution in [3.63, 3.8) is 0 Å². The zero-order valence-electron chi connectivity index (χ0n) is 13.5. The summed E-state index contributed by atoms with van der Waals surface area (Å²) in [5.41, 5.74) is 7.57. The van der Waals surface area contributed by atoms with Crippen molar-refractivity contribution in [3.05, 3.63) is 63.3 Å². The Morgan fingerprint density at radius 3 is 2.48 bits per heavy atom. The number of aryl methyl sites for hydroxylation is 2. The second kappa shape index (κ2) is 7.20. The van der Waals surface area contributed by atoms with Gasteiger partial charge in [0.25, 0.3) is 11.8 Å². The number of nitrogens with one attached hydrogen (secondary N) is 2. The molecule has 0 bridgehead atoms. The molecule has 128 valence electrons. The molecule has 2 N–H and O–H groups in total. The number of hydrogen-bond acceptors (Lipinski definition) is 4. The van der Waals surface area contributed by atoms with Crippen molar-refractivity contribution in [3.8, 4) is 10.6 Å². The van der Waals surface area contributed by atoms with Gasteiger partial charge in [0.1, 0.15) is 16.4 Å². The summed E-state index contributed by atoms with van der Waals surface area (Å²) < 4.78 is 2.44. The van der Waals surface area contributed by atoms with Crippen molar-refractivity contribution in [2.24, 2.45) is 7.05 Å². The molecule has 25 heavy (non-hydrogen) atoms. The molecular weight excluding hydrogens is 404 g/mol. The number of hydrogen-bond donors (Lipinski definition) is 2. The van der Waals surface area contributed by atoms with Gasteiger partial charge in [0, 0.05) is 28.7 Å². The van der Waals surface area contributed by atoms with Crippen LogP contribution < -0.4 is 10.9 Å². The van der Waals surface area contributed by atoms with E-state index in [0.29, 0.717) is 5.69 Å². The van der Waals surface area contributed by atoms with Crippen LogP contribution in [-0.4, -0.2) is 21.4 Å². The van der Waals surface area contributed by atoms with Crippen molar-refractivity contribution in [2.75, 3.05) is 0 Å². The maximum absolute atomic E-state index is 12.2. The molecule has 2 amide bonds. The van der Waals surface area contributed by atoms with Crippen LogP contribution in [-0.2, 0) is 7.05 Å². The fraction of sp³-hybridized carbons (Fsp3) is 0.118. The van der Waals surface area contributed by atoms with Gasteiger partial charge in [0.15, 0.2) is 0 Å². The predicted octanol–water partition coefficient (Wildman–Crippen LogP) is 3.29. The van der Waals surface area contributed by atoms with Gasteiger partial charge < -0.3 is 4.57 Å². The summed E-state index contributed by atoms with van der Waals surface area (Å²) in [6, 6.07) is 9.58. The van der Waals surface area contributed by atoms with Gasteiger partial charge >= 0.3 is 0 Å². The first kappa shape index (κ1) is 17.4. The van der Waals surface area contributed by atoms with Gasteiger partial charge in [-0.05, 0) is 28.9 Å². The minimum absolute atomic E-state index is 0.258. The van der Waals surface area contributed by atoms with E-state index in [1.54, 1.807) is 29.3 Å². The number of carbonyl (C=O) groups is 2. The van der Waals surface area contributed by atoms with Crippen LogP contribution in [0, 0.1) is 6.92 Å². The number of aromatic nitrogens is 2. The smallest absolute Gasteiger partial charge is 0.289 e. The summed E-state index contributed by atoms with van der Waals surface area (Å²) >= 11 is 4.68. The van der Waals surface area contributed by atoms with Gasteiger partial charge in [0.2, 0.25) is 0 Å². The fourth-order valence-corrected chi connectivity index (χ4v) is 3.53. The minimum Gasteiger partial charge on any atom is -0.345 e. The quantitative estimate of drug-likeness (QED) is 0.640. The van der Waals surface area contributed by atoms with Crippen molar-refractivity contribution in [2.45, 2.75) is 6.92 Å². The lowest BCUT2D eigenvalue weighted by Crippen LogP contribution is -2.42. The Kier molecular flexibility index (Phi) is 5.00. The molecule has 0 atom stereocenters. The summed E-state index contributed by atoms with van der Waals surface area (Å²) in [6.45, 7) is 2.01. The SMILES string of the molecule is Cc1ccc(-c2nc(C(=O)NNC(=O)c3cc(Br)cn3C)cs2)cc1. The first-order valence-corrected chi connectivity index (χ1v) is 9.06. The van der Waals surface area contributed by atoms with Crippen LogP contribution in [0.1, 0.15) is 26.5 Å². The molecule has 2 aromatic heterocycles. The molecule has 3 aromatic rings. The number of carbonyl (C=O) groups excluding carboxylic acids is 2. The summed E-state index contributed by atoms with van der Waals surface area (Å²) in [4.78, 5) is 28.6. The van der Waals surface area contributed by atoms with E-state index in [0.717, 1.165) is 20.6 Å². The van der Waals surface area contributed by atoms with Gasteiger partial charge in [-0.3, -0.25) is 20.4 Å². The Balaban J connectivity index is 1.65. The number of amides is 2. The van der Waals surface area contributed by atoms with Crippen molar-refractivity contribution < 1.29 is 9.59 Å². The Morgan fingerprint density at radius 1 is 1.16 bits per heavy atom. The summed E-state index contributed by atoms with van der Waals surface area (Å²) in [5.74, 6) is -0.869. The van der Waals surface area contributed by atoms with Crippen molar-refractivity contribution in [1.29, 1.82) is 0 Å². The monoisotopic (exact) mass is 418 g/mol. The maximum atomic E-state index is 12.2.